The third-order valence-electron chi connectivity index (χ3n) is 2.57. The van der Waals surface area contributed by atoms with Crippen LogP contribution >= 0.6 is 0 Å². The van der Waals surface area contributed by atoms with Crippen molar-refractivity contribution in [1.82, 2.24) is 15.0 Å². The zero-order valence-corrected chi connectivity index (χ0v) is 10.2. The minimum Gasteiger partial charge on any atom is -0.496 e. The summed E-state index contributed by atoms with van der Waals surface area (Å²) >= 11 is 0. The van der Waals surface area contributed by atoms with Gasteiger partial charge in [-0.25, -0.2) is 4.68 Å². The van der Waals surface area contributed by atoms with Crippen molar-refractivity contribution >= 4 is 5.82 Å². The maximum absolute atomic E-state index is 5.88. The highest BCUT2D eigenvalue weighted by Crippen LogP contribution is 2.33. The molecule has 1 heterocycles. The van der Waals surface area contributed by atoms with Gasteiger partial charge < -0.3 is 10.5 Å². The summed E-state index contributed by atoms with van der Waals surface area (Å²) in [4.78, 5) is 0. The van der Waals surface area contributed by atoms with Crippen molar-refractivity contribution in [1.29, 1.82) is 0 Å². The normalized spacial score (nSPS) is 10.8. The van der Waals surface area contributed by atoms with Crippen molar-refractivity contribution in [2.75, 3.05) is 12.8 Å². The summed E-state index contributed by atoms with van der Waals surface area (Å²) in [5.74, 6) is 1.19. The number of methoxy groups -OCH3 is 1. The fourth-order valence-corrected chi connectivity index (χ4v) is 1.77. The molecule has 0 aliphatic rings. The van der Waals surface area contributed by atoms with Crippen LogP contribution in [0.4, 0.5) is 5.82 Å². The van der Waals surface area contributed by atoms with Crippen LogP contribution in [-0.2, 0) is 0 Å². The summed E-state index contributed by atoms with van der Waals surface area (Å²) in [7, 11) is 1.64. The van der Waals surface area contributed by atoms with Crippen LogP contribution in [0.2, 0.25) is 0 Å². The number of rotatable bonds is 3. The number of anilines is 1. The van der Waals surface area contributed by atoms with Gasteiger partial charge in [-0.3, -0.25) is 0 Å². The van der Waals surface area contributed by atoms with E-state index in [9.17, 15) is 0 Å². The van der Waals surface area contributed by atoms with Crippen LogP contribution in [0.3, 0.4) is 0 Å². The molecule has 0 aliphatic heterocycles. The van der Waals surface area contributed by atoms with Crippen molar-refractivity contribution in [2.24, 2.45) is 0 Å². The van der Waals surface area contributed by atoms with Crippen molar-refractivity contribution in [3.8, 4) is 17.0 Å². The Morgan fingerprint density at radius 1 is 1.29 bits per heavy atom. The van der Waals surface area contributed by atoms with Gasteiger partial charge in [-0.1, -0.05) is 17.3 Å². The maximum Gasteiger partial charge on any atom is 0.174 e. The van der Waals surface area contributed by atoms with Gasteiger partial charge in [0.1, 0.15) is 11.4 Å². The number of hydrogen-bond donors (Lipinski definition) is 1. The topological polar surface area (TPSA) is 66.0 Å². The van der Waals surface area contributed by atoms with Gasteiger partial charge in [0.05, 0.1) is 7.11 Å². The highest BCUT2D eigenvalue weighted by Gasteiger charge is 2.17. The second-order valence-electron chi connectivity index (χ2n) is 4.06. The molecule has 2 rings (SSSR count). The summed E-state index contributed by atoms with van der Waals surface area (Å²) in [5.41, 5.74) is 7.60. The largest absolute Gasteiger partial charge is 0.496 e. The molecule has 0 saturated carbocycles. The molecule has 90 valence electrons. The number of hydrogen-bond acceptors (Lipinski definition) is 4. The predicted octanol–water partition coefficient (Wildman–Crippen LogP) is 2.12. The molecule has 5 nitrogen and oxygen atoms in total. The quantitative estimate of drug-likeness (QED) is 0.880. The fraction of sp³-hybridized carbons (Fsp3) is 0.333. The van der Waals surface area contributed by atoms with E-state index >= 15 is 0 Å². The van der Waals surface area contributed by atoms with Gasteiger partial charge in [0.2, 0.25) is 0 Å². The second kappa shape index (κ2) is 4.45. The first-order chi connectivity index (χ1) is 8.15. The van der Waals surface area contributed by atoms with E-state index < -0.39 is 0 Å². The lowest BCUT2D eigenvalue weighted by molar-refractivity contribution is 0.415. The van der Waals surface area contributed by atoms with E-state index in [1.54, 1.807) is 11.8 Å². The van der Waals surface area contributed by atoms with Crippen LogP contribution in [0, 0.1) is 0 Å². The standard InChI is InChI=1S/C12H16N4O/c1-8(2)16-11(12(13)14-15-16)9-6-4-5-7-10(9)17-3/h4-8H,13H2,1-3H3. The molecule has 0 fully saturated rings. The molecule has 0 spiro atoms. The highest BCUT2D eigenvalue weighted by molar-refractivity contribution is 5.75. The first-order valence-electron chi connectivity index (χ1n) is 5.49. The molecule has 0 atom stereocenters. The summed E-state index contributed by atoms with van der Waals surface area (Å²) in [5, 5.41) is 7.98. The van der Waals surface area contributed by atoms with Gasteiger partial charge in [-0.2, -0.15) is 0 Å². The minimum atomic E-state index is 0.194. The van der Waals surface area contributed by atoms with Gasteiger partial charge in [0.25, 0.3) is 0 Å². The first-order valence-corrected chi connectivity index (χ1v) is 5.49. The molecule has 0 saturated heterocycles. The molecule has 0 aliphatic carbocycles. The molecule has 1 aromatic heterocycles. The lowest BCUT2D eigenvalue weighted by Crippen LogP contribution is -2.06. The Morgan fingerprint density at radius 3 is 2.65 bits per heavy atom. The smallest absolute Gasteiger partial charge is 0.174 e. The van der Waals surface area contributed by atoms with Gasteiger partial charge >= 0.3 is 0 Å². The highest BCUT2D eigenvalue weighted by atomic mass is 16.5. The Hall–Kier alpha value is -2.04. The summed E-state index contributed by atoms with van der Waals surface area (Å²) < 4.78 is 7.13. The molecule has 2 N–H and O–H groups in total. The van der Waals surface area contributed by atoms with E-state index in [2.05, 4.69) is 10.3 Å². The molecule has 5 heteroatoms. The number of aromatic nitrogens is 3. The van der Waals surface area contributed by atoms with E-state index in [1.807, 2.05) is 38.1 Å². The van der Waals surface area contributed by atoms with E-state index in [-0.39, 0.29) is 6.04 Å². The molecule has 2 aromatic rings. The average Bonchev–Trinajstić information content (AvgIpc) is 2.71. The van der Waals surface area contributed by atoms with E-state index in [1.165, 1.54) is 0 Å². The van der Waals surface area contributed by atoms with E-state index in [0.29, 0.717) is 5.82 Å². The molecule has 1 aromatic carbocycles. The number of para-hydroxylation sites is 1. The van der Waals surface area contributed by atoms with Crippen LogP contribution in [0.15, 0.2) is 24.3 Å². The van der Waals surface area contributed by atoms with Crippen LogP contribution < -0.4 is 10.5 Å². The van der Waals surface area contributed by atoms with Gasteiger partial charge in [0, 0.05) is 11.6 Å². The molecule has 0 radical (unpaired) electrons. The molecule has 17 heavy (non-hydrogen) atoms. The third kappa shape index (κ3) is 1.95. The minimum absolute atomic E-state index is 0.194. The SMILES string of the molecule is COc1ccccc1-c1c(N)nnn1C(C)C. The van der Waals surface area contributed by atoms with Crippen molar-refractivity contribution in [3.05, 3.63) is 24.3 Å². The Morgan fingerprint density at radius 2 is 2.00 bits per heavy atom. The Labute approximate surface area is 100 Å². The monoisotopic (exact) mass is 232 g/mol. The van der Waals surface area contributed by atoms with Crippen LogP contribution in [-0.4, -0.2) is 22.1 Å². The predicted molar refractivity (Wildman–Crippen MR) is 66.8 cm³/mol. The molecule has 0 amide bonds. The Bertz CT molecular complexity index is 519. The summed E-state index contributed by atoms with van der Waals surface area (Å²) in [6.07, 6.45) is 0. The molecular formula is C12H16N4O. The number of nitrogens with two attached hydrogens (primary N) is 1. The number of benzene rings is 1. The van der Waals surface area contributed by atoms with Gasteiger partial charge in [0.15, 0.2) is 5.82 Å². The number of nitrogen functional groups attached to an aromatic ring is 1. The number of nitrogens with zero attached hydrogens (tertiary/aromatic N) is 3. The zero-order chi connectivity index (χ0) is 12.4. The van der Waals surface area contributed by atoms with Crippen LogP contribution in [0.5, 0.6) is 5.75 Å². The van der Waals surface area contributed by atoms with Crippen molar-refractivity contribution in [2.45, 2.75) is 19.9 Å². The van der Waals surface area contributed by atoms with Crippen LogP contribution in [0.25, 0.3) is 11.3 Å². The number of ether oxygens (including phenoxy) is 1. The Balaban J connectivity index is 2.63. The third-order valence-corrected chi connectivity index (χ3v) is 2.57. The summed E-state index contributed by atoms with van der Waals surface area (Å²) in [6.45, 7) is 4.07. The fourth-order valence-electron chi connectivity index (χ4n) is 1.77. The van der Waals surface area contributed by atoms with Crippen molar-refractivity contribution < 1.29 is 4.74 Å². The lowest BCUT2D eigenvalue weighted by Gasteiger charge is -2.12. The van der Waals surface area contributed by atoms with E-state index in [4.69, 9.17) is 10.5 Å². The van der Waals surface area contributed by atoms with E-state index in [0.717, 1.165) is 17.0 Å². The Kier molecular flexibility index (Phi) is 2.99. The second-order valence-corrected chi connectivity index (χ2v) is 4.06. The maximum atomic E-state index is 5.88. The molecule has 0 bridgehead atoms. The average molecular weight is 232 g/mol. The lowest BCUT2D eigenvalue weighted by atomic mass is 10.1. The van der Waals surface area contributed by atoms with Gasteiger partial charge in [-0.15, -0.1) is 5.10 Å². The first kappa shape index (κ1) is 11.4. The van der Waals surface area contributed by atoms with Gasteiger partial charge in [-0.05, 0) is 26.0 Å². The molecular weight excluding hydrogens is 216 g/mol. The molecule has 0 unspecified atom stereocenters. The zero-order valence-electron chi connectivity index (χ0n) is 10.2. The summed E-state index contributed by atoms with van der Waals surface area (Å²) in [6, 6.07) is 7.90. The van der Waals surface area contributed by atoms with Crippen molar-refractivity contribution in [3.63, 3.8) is 0 Å². The van der Waals surface area contributed by atoms with Crippen LogP contribution in [0.1, 0.15) is 19.9 Å².